The highest BCUT2D eigenvalue weighted by Crippen LogP contribution is 2.36. The summed E-state index contributed by atoms with van der Waals surface area (Å²) in [5.74, 6) is -2.64. The topological polar surface area (TPSA) is 205 Å². The van der Waals surface area contributed by atoms with Gasteiger partial charge in [0.15, 0.2) is 19.0 Å². The Balaban J connectivity index is 1.65. The van der Waals surface area contributed by atoms with Gasteiger partial charge in [0.2, 0.25) is 12.3 Å². The first kappa shape index (κ1) is 38.1. The molecule has 2 aromatic carbocycles. The number of anilines is 1. The zero-order valence-corrected chi connectivity index (χ0v) is 29.3. The monoisotopic (exact) mass is 691 g/mol. The Morgan fingerprint density at radius 2 is 1.78 bits per heavy atom. The lowest BCUT2D eigenvalue weighted by Crippen LogP contribution is -2.65. The van der Waals surface area contributed by atoms with E-state index in [9.17, 15) is 30.0 Å². The SMILES string of the molecule is COCn1nnc(CC(C)C(C)(NC(O)OCc2ccccc2)C(=N)N2c3ccccc3C[C@H]2C(=O)N[C@@H](CC(=O)[CH+]C(C)(C)C)C(=O)O)n1. The van der Waals surface area contributed by atoms with Crippen LogP contribution < -0.4 is 15.5 Å². The molecule has 3 aromatic rings. The first-order chi connectivity index (χ1) is 23.6. The van der Waals surface area contributed by atoms with Crippen molar-refractivity contribution < 1.29 is 34.1 Å². The molecular weight excluding hydrogens is 644 g/mol. The van der Waals surface area contributed by atoms with E-state index in [2.05, 4.69) is 26.0 Å². The Morgan fingerprint density at radius 1 is 1.10 bits per heavy atom. The first-order valence-electron chi connectivity index (χ1n) is 16.4. The van der Waals surface area contributed by atoms with Crippen molar-refractivity contribution in [1.82, 2.24) is 30.8 Å². The van der Waals surface area contributed by atoms with Crippen molar-refractivity contribution in [2.24, 2.45) is 11.3 Å². The third-order valence-corrected chi connectivity index (χ3v) is 8.51. The van der Waals surface area contributed by atoms with E-state index in [1.807, 2.05) is 70.2 Å². The van der Waals surface area contributed by atoms with Gasteiger partial charge in [0.25, 0.3) is 0 Å². The van der Waals surface area contributed by atoms with Crippen LogP contribution in [-0.2, 0) is 50.0 Å². The summed E-state index contributed by atoms with van der Waals surface area (Å²) in [5.41, 5.74) is 0.309. The minimum absolute atomic E-state index is 0.0826. The fourth-order valence-corrected chi connectivity index (χ4v) is 5.83. The van der Waals surface area contributed by atoms with E-state index in [-0.39, 0.29) is 32.0 Å². The summed E-state index contributed by atoms with van der Waals surface area (Å²) >= 11 is 0. The number of nitrogens with zero attached hydrogens (tertiary/aromatic N) is 5. The van der Waals surface area contributed by atoms with Crippen LogP contribution in [0.3, 0.4) is 0 Å². The normalized spacial score (nSPS) is 17.3. The van der Waals surface area contributed by atoms with Crippen molar-refractivity contribution >= 4 is 29.2 Å². The van der Waals surface area contributed by atoms with Gasteiger partial charge in [-0.25, -0.2) is 9.59 Å². The molecule has 15 nitrogen and oxygen atoms in total. The number of carbonyl (C=O) groups excluding carboxylic acids is 2. The van der Waals surface area contributed by atoms with E-state index in [1.54, 1.807) is 19.1 Å². The van der Waals surface area contributed by atoms with Crippen LogP contribution in [0.15, 0.2) is 54.6 Å². The maximum atomic E-state index is 14.0. The number of aliphatic hydroxyl groups is 1. The second kappa shape index (κ2) is 16.3. The summed E-state index contributed by atoms with van der Waals surface area (Å²) in [7, 11) is 1.51. The largest absolute Gasteiger partial charge is 0.480 e. The molecule has 0 fully saturated rings. The standard InChI is InChI=1S/C35H46N8O7/c1-22(16-29-39-41-42(40-29)21-49-6)35(5,38-33(48)50-20-23-12-8-7-9-13-23)32(36)43-27-15-11-10-14-24(27)17-28(43)30(45)37-26(31(46)47)18-25(44)19-34(2,3)4/h7-15,19,22,26,28,33,36,38,48H,16-18,20-21H2,1-6H3,(H-,37,45,46,47)/p+1/t22?,26-,28-,33?,35?/m0/s1. The number of benzene rings is 2. The average molecular weight is 692 g/mol. The van der Waals surface area contributed by atoms with Gasteiger partial charge in [-0.2, -0.15) is 0 Å². The Kier molecular flexibility index (Phi) is 12.5. The summed E-state index contributed by atoms with van der Waals surface area (Å²) in [5, 5.41) is 48.9. The smallest absolute Gasteiger partial charge is 0.326 e. The number of amides is 1. The van der Waals surface area contributed by atoms with Crippen LogP contribution in [-0.4, -0.2) is 85.1 Å². The van der Waals surface area contributed by atoms with Crippen molar-refractivity contribution in [2.45, 2.75) is 91.3 Å². The maximum absolute atomic E-state index is 14.0. The number of amidine groups is 1. The summed E-state index contributed by atoms with van der Waals surface area (Å²) < 4.78 is 10.8. The first-order valence-corrected chi connectivity index (χ1v) is 16.4. The Morgan fingerprint density at radius 3 is 2.44 bits per heavy atom. The maximum Gasteiger partial charge on any atom is 0.326 e. The van der Waals surface area contributed by atoms with Crippen molar-refractivity contribution in [2.75, 3.05) is 12.0 Å². The predicted octanol–water partition coefficient (Wildman–Crippen LogP) is 2.48. The third-order valence-electron chi connectivity index (χ3n) is 8.51. The second-order valence-corrected chi connectivity index (χ2v) is 13.7. The number of aromatic nitrogens is 4. The molecular formula is C35H47N8O7+. The molecule has 1 aliphatic rings. The van der Waals surface area contributed by atoms with Crippen LogP contribution in [0.2, 0.25) is 0 Å². The molecule has 5 atom stereocenters. The van der Waals surface area contributed by atoms with E-state index in [4.69, 9.17) is 9.47 Å². The Bertz CT molecular complexity index is 1640. The Hall–Kier alpha value is -4.70. The number of carbonyl (C=O) groups is 3. The van der Waals surface area contributed by atoms with E-state index in [1.165, 1.54) is 23.2 Å². The van der Waals surface area contributed by atoms with Crippen LogP contribution in [0.5, 0.6) is 0 Å². The van der Waals surface area contributed by atoms with Crippen molar-refractivity contribution in [3.05, 3.63) is 78.0 Å². The number of ketones is 1. The number of aliphatic hydroxyl groups excluding tert-OH is 1. The zero-order valence-electron chi connectivity index (χ0n) is 29.3. The molecule has 0 aliphatic carbocycles. The number of carboxylic acids is 1. The van der Waals surface area contributed by atoms with Gasteiger partial charge < -0.3 is 29.9 Å². The lowest BCUT2D eigenvalue weighted by molar-refractivity contribution is -0.143. The van der Waals surface area contributed by atoms with Crippen molar-refractivity contribution in [3.63, 3.8) is 0 Å². The van der Waals surface area contributed by atoms with Gasteiger partial charge in [0.05, 0.1) is 18.6 Å². The molecule has 2 heterocycles. The van der Waals surface area contributed by atoms with Crippen molar-refractivity contribution in [1.29, 1.82) is 5.41 Å². The number of tetrazole rings is 1. The molecule has 5 N–H and O–H groups in total. The van der Waals surface area contributed by atoms with E-state index < -0.39 is 59.5 Å². The molecule has 15 heteroatoms. The van der Waals surface area contributed by atoms with Crippen LogP contribution in [0, 0.1) is 23.2 Å². The molecule has 0 saturated heterocycles. The van der Waals surface area contributed by atoms with Crippen LogP contribution in [0.4, 0.5) is 5.69 Å². The summed E-state index contributed by atoms with van der Waals surface area (Å²) in [6.45, 7) is 9.21. The van der Waals surface area contributed by atoms with E-state index in [0.29, 0.717) is 11.5 Å². The fraction of sp³-hybridized carbons (Fsp3) is 0.486. The number of methoxy groups -OCH3 is 1. The number of aliphatic carboxylic acids is 1. The molecule has 0 bridgehead atoms. The number of hydrogen-bond acceptors (Lipinski definition) is 11. The number of hydrogen-bond donors (Lipinski definition) is 5. The van der Waals surface area contributed by atoms with Gasteiger partial charge in [-0.15, -0.1) is 15.0 Å². The van der Waals surface area contributed by atoms with Crippen molar-refractivity contribution in [3.8, 4) is 0 Å². The molecule has 0 radical (unpaired) electrons. The predicted molar refractivity (Wildman–Crippen MR) is 184 cm³/mol. The average Bonchev–Trinajstić information content (AvgIpc) is 3.67. The highest BCUT2D eigenvalue weighted by atomic mass is 16.6. The molecule has 0 saturated carbocycles. The van der Waals surface area contributed by atoms with Crippen LogP contribution >= 0.6 is 0 Å². The number of Topliss-reactive ketones (excluding diaryl/α,β-unsaturated/α-hetero) is 1. The summed E-state index contributed by atoms with van der Waals surface area (Å²) in [6, 6.07) is 14.0. The third kappa shape index (κ3) is 9.72. The molecule has 1 aliphatic heterocycles. The second-order valence-electron chi connectivity index (χ2n) is 13.7. The molecule has 268 valence electrons. The van der Waals surface area contributed by atoms with Gasteiger partial charge in [0, 0.05) is 25.6 Å². The molecule has 50 heavy (non-hydrogen) atoms. The fourth-order valence-electron chi connectivity index (χ4n) is 5.83. The highest BCUT2D eigenvalue weighted by Gasteiger charge is 2.47. The van der Waals surface area contributed by atoms with Gasteiger partial charge >= 0.3 is 11.8 Å². The lowest BCUT2D eigenvalue weighted by Gasteiger charge is -2.43. The molecule has 4 rings (SSSR count). The molecule has 0 spiro atoms. The number of para-hydroxylation sites is 1. The zero-order chi connectivity index (χ0) is 36.6. The quantitative estimate of drug-likeness (QED) is 0.0600. The van der Waals surface area contributed by atoms with Crippen LogP contribution in [0.1, 0.15) is 58.0 Å². The van der Waals surface area contributed by atoms with E-state index >= 15 is 0 Å². The van der Waals surface area contributed by atoms with E-state index in [0.717, 1.165) is 11.1 Å². The minimum Gasteiger partial charge on any atom is -0.480 e. The number of nitrogens with one attached hydrogen (secondary N) is 3. The Labute approximate surface area is 291 Å². The number of fused-ring (bicyclic) bond motifs is 1. The van der Waals surface area contributed by atoms with Gasteiger partial charge in [-0.1, -0.05) is 55.5 Å². The minimum atomic E-state index is -1.54. The van der Waals surface area contributed by atoms with Gasteiger partial charge in [-0.05, 0) is 56.0 Å². The lowest BCUT2D eigenvalue weighted by atomic mass is 9.82. The van der Waals surface area contributed by atoms with Crippen LogP contribution in [0.25, 0.3) is 0 Å². The number of carboxylic acid groups (broad SMARTS) is 1. The summed E-state index contributed by atoms with van der Waals surface area (Å²) in [4.78, 5) is 41.7. The number of rotatable bonds is 17. The molecule has 1 amide bonds. The van der Waals surface area contributed by atoms with Gasteiger partial charge in [-0.3, -0.25) is 15.5 Å². The summed E-state index contributed by atoms with van der Waals surface area (Å²) in [6.07, 6.45) is -0.140. The molecule has 3 unspecified atom stereocenters. The highest BCUT2D eigenvalue weighted by molar-refractivity contribution is 6.09. The van der Waals surface area contributed by atoms with Gasteiger partial charge in [0.1, 0.15) is 23.3 Å². The number of ether oxygens (including phenoxy) is 2. The molecule has 1 aromatic heterocycles.